The van der Waals surface area contributed by atoms with E-state index in [4.69, 9.17) is 5.73 Å². The van der Waals surface area contributed by atoms with Gasteiger partial charge >= 0.3 is 0 Å². The van der Waals surface area contributed by atoms with Crippen LogP contribution in [0.3, 0.4) is 0 Å². The molecule has 1 rings (SSSR count). The predicted octanol–water partition coefficient (Wildman–Crippen LogP) is 1.84. The number of nitrogens with zero attached hydrogens (tertiary/aromatic N) is 2. The van der Waals surface area contributed by atoms with Crippen LogP contribution in [0.25, 0.3) is 0 Å². The van der Waals surface area contributed by atoms with Crippen molar-refractivity contribution in [1.82, 2.24) is 15.5 Å². The third kappa shape index (κ3) is 4.27. The van der Waals surface area contributed by atoms with Crippen LogP contribution in [-0.2, 0) is 6.42 Å². The first-order valence-corrected chi connectivity index (χ1v) is 7.40. The van der Waals surface area contributed by atoms with Crippen LogP contribution >= 0.6 is 0 Å². The standard InChI is InChI=1S/C15H26N4O/c1-5-11(6-2)13(16)9-17-15(20)12-8-10(4)18-19-14(12)7-3/h8,11,13H,5-7,9,16H2,1-4H3,(H,17,20). The normalized spacial score (nSPS) is 12.5. The molecule has 5 nitrogen and oxygen atoms in total. The molecule has 112 valence electrons. The van der Waals surface area contributed by atoms with Crippen molar-refractivity contribution in [2.45, 2.75) is 53.0 Å². The van der Waals surface area contributed by atoms with Crippen LogP contribution in [0.15, 0.2) is 6.07 Å². The second-order valence-electron chi connectivity index (χ2n) is 5.15. The van der Waals surface area contributed by atoms with E-state index in [1.165, 1.54) is 0 Å². The summed E-state index contributed by atoms with van der Waals surface area (Å²) < 4.78 is 0. The van der Waals surface area contributed by atoms with Crippen LogP contribution in [0.4, 0.5) is 0 Å². The van der Waals surface area contributed by atoms with Crippen LogP contribution in [0.1, 0.15) is 55.4 Å². The molecule has 0 aliphatic heterocycles. The number of hydrogen-bond acceptors (Lipinski definition) is 4. The van der Waals surface area contributed by atoms with E-state index >= 15 is 0 Å². The summed E-state index contributed by atoms with van der Waals surface area (Å²) in [5.41, 5.74) is 8.20. The quantitative estimate of drug-likeness (QED) is 0.797. The van der Waals surface area contributed by atoms with E-state index in [2.05, 4.69) is 29.4 Å². The van der Waals surface area contributed by atoms with Crippen molar-refractivity contribution in [3.63, 3.8) is 0 Å². The van der Waals surface area contributed by atoms with Gasteiger partial charge in [-0.3, -0.25) is 4.79 Å². The average Bonchev–Trinajstić information content (AvgIpc) is 2.46. The van der Waals surface area contributed by atoms with Crippen LogP contribution in [0, 0.1) is 12.8 Å². The SMILES string of the molecule is CCc1nnc(C)cc1C(=O)NCC(N)C(CC)CC. The molecule has 0 radical (unpaired) electrons. The largest absolute Gasteiger partial charge is 0.350 e. The number of nitrogens with two attached hydrogens (primary N) is 1. The van der Waals surface area contributed by atoms with Crippen LogP contribution < -0.4 is 11.1 Å². The highest BCUT2D eigenvalue weighted by molar-refractivity contribution is 5.95. The molecule has 20 heavy (non-hydrogen) atoms. The highest BCUT2D eigenvalue weighted by Gasteiger charge is 2.17. The first-order chi connectivity index (χ1) is 9.53. The van der Waals surface area contributed by atoms with Gasteiger partial charge in [-0.15, -0.1) is 0 Å². The molecule has 1 heterocycles. The van der Waals surface area contributed by atoms with Crippen molar-refractivity contribution < 1.29 is 4.79 Å². The Morgan fingerprint density at radius 1 is 1.30 bits per heavy atom. The molecule has 0 fully saturated rings. The minimum absolute atomic E-state index is 0.00470. The Morgan fingerprint density at radius 3 is 2.50 bits per heavy atom. The fourth-order valence-electron chi connectivity index (χ4n) is 2.34. The van der Waals surface area contributed by atoms with E-state index in [9.17, 15) is 4.79 Å². The number of hydrogen-bond donors (Lipinski definition) is 2. The Labute approximate surface area is 121 Å². The summed E-state index contributed by atoms with van der Waals surface area (Å²) >= 11 is 0. The van der Waals surface area contributed by atoms with Crippen molar-refractivity contribution in [2.75, 3.05) is 6.54 Å². The van der Waals surface area contributed by atoms with Gasteiger partial charge in [0, 0.05) is 12.6 Å². The van der Waals surface area contributed by atoms with Gasteiger partial charge in [-0.1, -0.05) is 33.6 Å². The van der Waals surface area contributed by atoms with Crippen molar-refractivity contribution in [3.8, 4) is 0 Å². The summed E-state index contributed by atoms with van der Waals surface area (Å²) in [5.74, 6) is 0.333. The van der Waals surface area contributed by atoms with Gasteiger partial charge in [0.1, 0.15) is 0 Å². The first-order valence-electron chi connectivity index (χ1n) is 7.40. The number of nitrogens with one attached hydrogen (secondary N) is 1. The monoisotopic (exact) mass is 278 g/mol. The molecule has 0 aromatic carbocycles. The molecule has 1 aromatic heterocycles. The van der Waals surface area contributed by atoms with E-state index in [-0.39, 0.29) is 11.9 Å². The summed E-state index contributed by atoms with van der Waals surface area (Å²) in [6, 6.07) is 1.78. The number of amides is 1. The smallest absolute Gasteiger partial charge is 0.253 e. The highest BCUT2D eigenvalue weighted by atomic mass is 16.1. The molecule has 1 unspecified atom stereocenters. The molecule has 1 atom stereocenters. The molecular formula is C15H26N4O. The predicted molar refractivity (Wildman–Crippen MR) is 80.5 cm³/mol. The number of aryl methyl sites for hydroxylation is 2. The summed E-state index contributed by atoms with van der Waals surface area (Å²) in [6.07, 6.45) is 2.75. The maximum atomic E-state index is 12.2. The highest BCUT2D eigenvalue weighted by Crippen LogP contribution is 2.11. The Balaban J connectivity index is 2.70. The van der Waals surface area contributed by atoms with Gasteiger partial charge in [0.25, 0.3) is 5.91 Å². The zero-order valence-electron chi connectivity index (χ0n) is 12.9. The van der Waals surface area contributed by atoms with Gasteiger partial charge in [0.05, 0.1) is 17.0 Å². The lowest BCUT2D eigenvalue weighted by atomic mass is 9.95. The number of carbonyl (C=O) groups excluding carboxylic acids is 1. The second-order valence-corrected chi connectivity index (χ2v) is 5.15. The minimum atomic E-state index is -0.110. The Morgan fingerprint density at radius 2 is 1.95 bits per heavy atom. The lowest BCUT2D eigenvalue weighted by molar-refractivity contribution is 0.0946. The van der Waals surface area contributed by atoms with E-state index < -0.39 is 0 Å². The van der Waals surface area contributed by atoms with Crippen LogP contribution in [0.5, 0.6) is 0 Å². The number of rotatable bonds is 7. The molecule has 0 spiro atoms. The lowest BCUT2D eigenvalue weighted by Crippen LogP contribution is -2.42. The molecule has 0 bridgehead atoms. The Kier molecular flexibility index (Phi) is 6.58. The number of carbonyl (C=O) groups is 1. The van der Waals surface area contributed by atoms with Gasteiger partial charge in [-0.25, -0.2) is 0 Å². The maximum Gasteiger partial charge on any atom is 0.253 e. The maximum absolute atomic E-state index is 12.2. The van der Waals surface area contributed by atoms with Crippen molar-refractivity contribution in [3.05, 3.63) is 23.0 Å². The zero-order chi connectivity index (χ0) is 15.1. The Bertz CT molecular complexity index is 443. The fraction of sp³-hybridized carbons (Fsp3) is 0.667. The number of aromatic nitrogens is 2. The van der Waals surface area contributed by atoms with Gasteiger partial charge in [0.15, 0.2) is 0 Å². The molecule has 1 aromatic rings. The molecule has 5 heteroatoms. The van der Waals surface area contributed by atoms with E-state index in [1.807, 2.05) is 13.8 Å². The Hall–Kier alpha value is -1.49. The third-order valence-corrected chi connectivity index (χ3v) is 3.72. The zero-order valence-corrected chi connectivity index (χ0v) is 12.9. The molecule has 0 saturated carbocycles. The molecule has 3 N–H and O–H groups in total. The van der Waals surface area contributed by atoms with Crippen LogP contribution in [-0.4, -0.2) is 28.7 Å². The molecule has 0 aliphatic carbocycles. The van der Waals surface area contributed by atoms with Gasteiger partial charge < -0.3 is 11.1 Å². The molecular weight excluding hydrogens is 252 g/mol. The summed E-state index contributed by atoms with van der Waals surface area (Å²) in [4.78, 5) is 12.2. The van der Waals surface area contributed by atoms with E-state index in [1.54, 1.807) is 6.07 Å². The van der Waals surface area contributed by atoms with Crippen molar-refractivity contribution in [2.24, 2.45) is 11.7 Å². The molecule has 1 amide bonds. The van der Waals surface area contributed by atoms with E-state index in [0.717, 1.165) is 24.2 Å². The first kappa shape index (κ1) is 16.6. The third-order valence-electron chi connectivity index (χ3n) is 3.72. The fourth-order valence-corrected chi connectivity index (χ4v) is 2.34. The lowest BCUT2D eigenvalue weighted by Gasteiger charge is -2.21. The average molecular weight is 278 g/mol. The van der Waals surface area contributed by atoms with Gasteiger partial charge in [0.2, 0.25) is 0 Å². The van der Waals surface area contributed by atoms with Gasteiger partial charge in [-0.2, -0.15) is 10.2 Å². The van der Waals surface area contributed by atoms with Gasteiger partial charge in [-0.05, 0) is 25.3 Å². The topological polar surface area (TPSA) is 80.9 Å². The molecule has 0 saturated heterocycles. The molecule has 0 aliphatic rings. The van der Waals surface area contributed by atoms with E-state index in [0.29, 0.717) is 24.4 Å². The summed E-state index contributed by atoms with van der Waals surface area (Å²) in [5, 5.41) is 11.0. The second kappa shape index (κ2) is 7.94. The van der Waals surface area contributed by atoms with Crippen molar-refractivity contribution >= 4 is 5.91 Å². The van der Waals surface area contributed by atoms with Crippen molar-refractivity contribution in [1.29, 1.82) is 0 Å². The summed E-state index contributed by atoms with van der Waals surface area (Å²) in [6.45, 7) is 8.54. The summed E-state index contributed by atoms with van der Waals surface area (Å²) in [7, 11) is 0. The van der Waals surface area contributed by atoms with Crippen LogP contribution in [0.2, 0.25) is 0 Å². The minimum Gasteiger partial charge on any atom is -0.350 e.